The Balaban J connectivity index is 1.72. The molecule has 0 saturated heterocycles. The zero-order valence-corrected chi connectivity index (χ0v) is 16.6. The maximum Gasteiger partial charge on any atom is 0.335 e. The first kappa shape index (κ1) is 20.4. The summed E-state index contributed by atoms with van der Waals surface area (Å²) in [5, 5.41) is 9.56. The molecule has 1 N–H and O–H groups in total. The number of aliphatic imine (C=N–C) groups is 1. The molecule has 3 aromatic rings. The number of nitrogens with zero attached hydrogens (tertiary/aromatic N) is 1. The fourth-order valence-corrected chi connectivity index (χ4v) is 2.78. The summed E-state index contributed by atoms with van der Waals surface area (Å²) in [5.41, 5.74) is 2.62. The molecule has 0 atom stereocenters. The van der Waals surface area contributed by atoms with Gasteiger partial charge in [0.1, 0.15) is 18.1 Å². The van der Waals surface area contributed by atoms with Crippen molar-refractivity contribution in [2.24, 2.45) is 4.99 Å². The number of aromatic carboxylic acids is 1. The predicted octanol–water partition coefficient (Wildman–Crippen LogP) is 5.77. The van der Waals surface area contributed by atoms with Gasteiger partial charge in [-0.1, -0.05) is 23.7 Å². The summed E-state index contributed by atoms with van der Waals surface area (Å²) < 4.78 is 11.3. The van der Waals surface area contributed by atoms with Crippen molar-refractivity contribution < 1.29 is 19.4 Å². The van der Waals surface area contributed by atoms with Crippen LogP contribution in [0.3, 0.4) is 0 Å². The molecular formula is C23H20ClNO4. The van der Waals surface area contributed by atoms with E-state index in [-0.39, 0.29) is 5.56 Å². The molecule has 0 unspecified atom stereocenters. The van der Waals surface area contributed by atoms with Crippen LogP contribution in [-0.2, 0) is 6.61 Å². The maximum absolute atomic E-state index is 10.9. The Morgan fingerprint density at radius 1 is 1.03 bits per heavy atom. The van der Waals surface area contributed by atoms with E-state index < -0.39 is 5.97 Å². The number of hydrogen-bond acceptors (Lipinski definition) is 4. The highest BCUT2D eigenvalue weighted by Crippen LogP contribution is 2.24. The van der Waals surface area contributed by atoms with Crippen LogP contribution >= 0.6 is 11.6 Å². The zero-order chi connectivity index (χ0) is 20.6. The topological polar surface area (TPSA) is 68.1 Å². The van der Waals surface area contributed by atoms with Gasteiger partial charge in [-0.05, 0) is 67.1 Å². The summed E-state index contributed by atoms with van der Waals surface area (Å²) in [5.74, 6) is 0.474. The highest BCUT2D eigenvalue weighted by molar-refractivity contribution is 6.30. The third-order valence-electron chi connectivity index (χ3n) is 4.07. The Labute approximate surface area is 174 Å². The van der Waals surface area contributed by atoms with Crippen LogP contribution in [0.25, 0.3) is 0 Å². The van der Waals surface area contributed by atoms with Gasteiger partial charge in [-0.25, -0.2) is 4.79 Å². The quantitative estimate of drug-likeness (QED) is 0.480. The minimum atomic E-state index is -0.956. The Hall–Kier alpha value is -3.31. The van der Waals surface area contributed by atoms with Gasteiger partial charge in [0.25, 0.3) is 0 Å². The fraction of sp³-hybridized carbons (Fsp3) is 0.130. The minimum Gasteiger partial charge on any atom is -0.494 e. The number of carboxylic acid groups (broad SMARTS) is 1. The number of carbonyl (C=O) groups is 1. The van der Waals surface area contributed by atoms with Crippen LogP contribution in [0.5, 0.6) is 11.5 Å². The summed E-state index contributed by atoms with van der Waals surface area (Å²) in [7, 11) is 0. The molecule has 3 aromatic carbocycles. The van der Waals surface area contributed by atoms with E-state index in [0.717, 1.165) is 22.6 Å². The average molecular weight is 410 g/mol. The predicted molar refractivity (Wildman–Crippen MR) is 114 cm³/mol. The van der Waals surface area contributed by atoms with E-state index in [1.807, 2.05) is 31.2 Å². The van der Waals surface area contributed by atoms with Crippen LogP contribution in [0.15, 0.2) is 71.7 Å². The van der Waals surface area contributed by atoms with Crippen molar-refractivity contribution in [2.45, 2.75) is 13.5 Å². The second-order valence-corrected chi connectivity index (χ2v) is 6.59. The van der Waals surface area contributed by atoms with Crippen LogP contribution in [-0.4, -0.2) is 23.9 Å². The van der Waals surface area contributed by atoms with Gasteiger partial charge in [0, 0.05) is 16.8 Å². The molecule has 0 saturated carbocycles. The van der Waals surface area contributed by atoms with E-state index in [0.29, 0.717) is 24.0 Å². The molecule has 0 fully saturated rings. The SMILES string of the molecule is CCOc1ccc(N=Cc2cc(Cl)ccc2OCc2ccc(C(=O)O)cc2)cc1. The summed E-state index contributed by atoms with van der Waals surface area (Å²) >= 11 is 6.13. The van der Waals surface area contributed by atoms with E-state index in [1.54, 1.807) is 48.7 Å². The Bertz CT molecular complexity index is 998. The van der Waals surface area contributed by atoms with Crippen LogP contribution in [0.1, 0.15) is 28.4 Å². The van der Waals surface area contributed by atoms with Gasteiger partial charge in [-0.2, -0.15) is 0 Å². The smallest absolute Gasteiger partial charge is 0.335 e. The van der Waals surface area contributed by atoms with Gasteiger partial charge in [0.2, 0.25) is 0 Å². The Morgan fingerprint density at radius 3 is 2.41 bits per heavy atom. The Kier molecular flexibility index (Phi) is 6.87. The summed E-state index contributed by atoms with van der Waals surface area (Å²) in [4.78, 5) is 15.4. The molecule has 0 spiro atoms. The summed E-state index contributed by atoms with van der Waals surface area (Å²) in [6.45, 7) is 2.85. The van der Waals surface area contributed by atoms with Gasteiger partial charge in [-0.15, -0.1) is 0 Å². The molecule has 0 radical (unpaired) electrons. The van der Waals surface area contributed by atoms with Crippen molar-refractivity contribution in [3.63, 3.8) is 0 Å². The minimum absolute atomic E-state index is 0.239. The molecule has 6 heteroatoms. The number of hydrogen-bond donors (Lipinski definition) is 1. The van der Waals surface area contributed by atoms with Crippen molar-refractivity contribution in [1.82, 2.24) is 0 Å². The van der Waals surface area contributed by atoms with E-state index in [2.05, 4.69) is 4.99 Å². The summed E-state index contributed by atoms with van der Waals surface area (Å²) in [6.07, 6.45) is 1.70. The molecule has 0 aliphatic carbocycles. The lowest BCUT2D eigenvalue weighted by atomic mass is 10.1. The van der Waals surface area contributed by atoms with Gasteiger partial charge >= 0.3 is 5.97 Å². The van der Waals surface area contributed by atoms with Gasteiger partial charge in [0.05, 0.1) is 17.9 Å². The number of rotatable bonds is 8. The molecule has 29 heavy (non-hydrogen) atoms. The maximum atomic E-state index is 10.9. The number of ether oxygens (including phenoxy) is 2. The molecule has 0 aliphatic heterocycles. The van der Waals surface area contributed by atoms with Crippen molar-refractivity contribution in [3.05, 3.63) is 88.4 Å². The van der Waals surface area contributed by atoms with E-state index in [1.165, 1.54) is 0 Å². The van der Waals surface area contributed by atoms with Gasteiger partial charge in [0.15, 0.2) is 0 Å². The average Bonchev–Trinajstić information content (AvgIpc) is 2.73. The molecule has 5 nitrogen and oxygen atoms in total. The second kappa shape index (κ2) is 9.75. The lowest BCUT2D eigenvalue weighted by Gasteiger charge is -2.10. The lowest BCUT2D eigenvalue weighted by Crippen LogP contribution is -2.00. The molecule has 148 valence electrons. The summed E-state index contributed by atoms with van der Waals surface area (Å²) in [6, 6.07) is 19.4. The van der Waals surface area contributed by atoms with Crippen molar-refractivity contribution in [3.8, 4) is 11.5 Å². The number of benzene rings is 3. The first-order valence-electron chi connectivity index (χ1n) is 9.06. The number of carboxylic acids is 1. The lowest BCUT2D eigenvalue weighted by molar-refractivity contribution is 0.0697. The first-order chi connectivity index (χ1) is 14.0. The molecule has 0 amide bonds. The van der Waals surface area contributed by atoms with Gasteiger partial charge in [-0.3, -0.25) is 4.99 Å². The second-order valence-electron chi connectivity index (χ2n) is 6.16. The van der Waals surface area contributed by atoms with E-state index >= 15 is 0 Å². The molecule has 0 aliphatic rings. The molecule has 0 bridgehead atoms. The standard InChI is InChI=1S/C23H20ClNO4/c1-2-28-21-10-8-20(9-11-21)25-14-18-13-19(24)7-12-22(18)29-15-16-3-5-17(6-4-16)23(26)27/h3-14H,2,15H2,1H3,(H,26,27). The number of halogens is 1. The highest BCUT2D eigenvalue weighted by Gasteiger charge is 2.06. The molecular weight excluding hydrogens is 390 g/mol. The van der Waals surface area contributed by atoms with Crippen LogP contribution in [0, 0.1) is 0 Å². The third-order valence-corrected chi connectivity index (χ3v) is 4.30. The largest absolute Gasteiger partial charge is 0.494 e. The highest BCUT2D eigenvalue weighted by atomic mass is 35.5. The third kappa shape index (κ3) is 5.83. The van der Waals surface area contributed by atoms with Crippen molar-refractivity contribution >= 4 is 29.5 Å². The molecule has 0 aromatic heterocycles. The molecule has 3 rings (SSSR count). The van der Waals surface area contributed by atoms with Crippen molar-refractivity contribution in [2.75, 3.05) is 6.61 Å². The normalized spacial score (nSPS) is 10.8. The van der Waals surface area contributed by atoms with E-state index in [9.17, 15) is 4.79 Å². The monoisotopic (exact) mass is 409 g/mol. The van der Waals surface area contributed by atoms with Gasteiger partial charge < -0.3 is 14.6 Å². The van der Waals surface area contributed by atoms with Crippen molar-refractivity contribution in [1.29, 1.82) is 0 Å². The zero-order valence-electron chi connectivity index (χ0n) is 15.8. The Morgan fingerprint density at radius 2 is 1.76 bits per heavy atom. The van der Waals surface area contributed by atoms with Crippen LogP contribution < -0.4 is 9.47 Å². The van der Waals surface area contributed by atoms with Crippen LogP contribution in [0.4, 0.5) is 5.69 Å². The molecule has 0 heterocycles. The van der Waals surface area contributed by atoms with Crippen LogP contribution in [0.2, 0.25) is 5.02 Å². The van der Waals surface area contributed by atoms with E-state index in [4.69, 9.17) is 26.2 Å². The first-order valence-corrected chi connectivity index (χ1v) is 9.44. The fourth-order valence-electron chi connectivity index (χ4n) is 2.60.